The van der Waals surface area contributed by atoms with Crippen molar-refractivity contribution >= 4 is 22.7 Å². The summed E-state index contributed by atoms with van der Waals surface area (Å²) in [6, 6.07) is 1.46. The minimum Gasteiger partial charge on any atom is -0.475 e. The zero-order valence-corrected chi connectivity index (χ0v) is 11.7. The lowest BCUT2D eigenvalue weighted by Crippen LogP contribution is -2.34. The molecule has 19 heavy (non-hydrogen) atoms. The van der Waals surface area contributed by atoms with Crippen LogP contribution < -0.4 is 0 Å². The number of carboxylic acid groups (broad SMARTS) is 1. The van der Waals surface area contributed by atoms with E-state index < -0.39 is 16.8 Å². The number of aromatic carboxylic acids is 1. The number of carbonyl (C=O) groups is 2. The Balaban J connectivity index is 2.63. The molecular formula is C12H17NO5S. The number of carboxylic acids is 1. The molecular weight excluding hydrogens is 270 g/mol. The Hall–Kier alpha value is -1.63. The van der Waals surface area contributed by atoms with Crippen LogP contribution in [0.15, 0.2) is 16.7 Å². The fraction of sp³-hybridized carbons (Fsp3) is 0.500. The molecule has 0 fully saturated rings. The average Bonchev–Trinajstić information content (AvgIpc) is 2.78. The van der Waals surface area contributed by atoms with Crippen molar-refractivity contribution in [3.8, 4) is 0 Å². The van der Waals surface area contributed by atoms with Crippen molar-refractivity contribution in [2.75, 3.05) is 18.8 Å². The van der Waals surface area contributed by atoms with Crippen LogP contribution in [0.25, 0.3) is 0 Å². The van der Waals surface area contributed by atoms with Crippen LogP contribution in [0.3, 0.4) is 0 Å². The highest BCUT2D eigenvalue weighted by molar-refractivity contribution is 7.84. The maximum Gasteiger partial charge on any atom is 0.372 e. The topological polar surface area (TPSA) is 87.8 Å². The first-order valence-corrected chi connectivity index (χ1v) is 7.40. The summed E-state index contributed by atoms with van der Waals surface area (Å²) in [7, 11) is -1.44. The molecule has 7 heteroatoms. The van der Waals surface area contributed by atoms with Crippen molar-refractivity contribution in [3.05, 3.63) is 23.7 Å². The van der Waals surface area contributed by atoms with Gasteiger partial charge >= 0.3 is 5.97 Å². The van der Waals surface area contributed by atoms with E-state index in [0.29, 0.717) is 18.7 Å². The standard InChI is InChI=1S/C12H17NO5S/c1-3-13(4-2)10(14)8-19(17)7-9-5-6-18-11(9)12(15)16/h5-6H,3-4,7-8H2,1-2H3,(H,15,16). The first-order chi connectivity index (χ1) is 8.99. The lowest BCUT2D eigenvalue weighted by Gasteiger charge is -2.18. The smallest absolute Gasteiger partial charge is 0.372 e. The highest BCUT2D eigenvalue weighted by atomic mass is 32.2. The molecule has 0 aliphatic carbocycles. The van der Waals surface area contributed by atoms with Crippen LogP contribution in [0.2, 0.25) is 0 Å². The molecule has 1 unspecified atom stereocenters. The van der Waals surface area contributed by atoms with Crippen molar-refractivity contribution in [2.24, 2.45) is 0 Å². The summed E-state index contributed by atoms with van der Waals surface area (Å²) in [5, 5.41) is 8.85. The summed E-state index contributed by atoms with van der Waals surface area (Å²) in [6.45, 7) is 4.84. The number of rotatable bonds is 7. The molecule has 0 saturated carbocycles. The predicted molar refractivity (Wildman–Crippen MR) is 70.3 cm³/mol. The Morgan fingerprint density at radius 3 is 2.53 bits per heavy atom. The van der Waals surface area contributed by atoms with Gasteiger partial charge in [-0.2, -0.15) is 0 Å². The highest BCUT2D eigenvalue weighted by Crippen LogP contribution is 2.13. The first kappa shape index (κ1) is 15.4. The highest BCUT2D eigenvalue weighted by Gasteiger charge is 2.19. The van der Waals surface area contributed by atoms with Gasteiger partial charge in [-0.05, 0) is 19.9 Å². The zero-order chi connectivity index (χ0) is 14.4. The second-order valence-corrected chi connectivity index (χ2v) is 5.33. The SMILES string of the molecule is CCN(CC)C(=O)CS(=O)Cc1ccoc1C(=O)O. The van der Waals surface area contributed by atoms with Gasteiger partial charge in [-0.3, -0.25) is 9.00 Å². The molecule has 1 aromatic heterocycles. The van der Waals surface area contributed by atoms with E-state index in [1.807, 2.05) is 13.8 Å². The molecule has 1 heterocycles. The van der Waals surface area contributed by atoms with Gasteiger partial charge in [0.2, 0.25) is 11.7 Å². The van der Waals surface area contributed by atoms with Gasteiger partial charge in [0, 0.05) is 29.5 Å². The van der Waals surface area contributed by atoms with Gasteiger partial charge in [0.1, 0.15) is 5.75 Å². The van der Waals surface area contributed by atoms with E-state index >= 15 is 0 Å². The molecule has 0 spiro atoms. The van der Waals surface area contributed by atoms with Crippen molar-refractivity contribution in [2.45, 2.75) is 19.6 Å². The summed E-state index contributed by atoms with van der Waals surface area (Å²) >= 11 is 0. The quantitative estimate of drug-likeness (QED) is 0.811. The van der Waals surface area contributed by atoms with E-state index in [1.54, 1.807) is 4.90 Å². The third-order valence-electron chi connectivity index (χ3n) is 2.66. The van der Waals surface area contributed by atoms with Gasteiger partial charge in [0.15, 0.2) is 0 Å². The van der Waals surface area contributed by atoms with Crippen LogP contribution in [-0.2, 0) is 21.3 Å². The number of hydrogen-bond donors (Lipinski definition) is 1. The molecule has 1 atom stereocenters. The van der Waals surface area contributed by atoms with E-state index in [-0.39, 0.29) is 23.2 Å². The molecule has 0 aromatic carbocycles. The number of amides is 1. The average molecular weight is 287 g/mol. The van der Waals surface area contributed by atoms with Gasteiger partial charge in [0.05, 0.1) is 12.0 Å². The van der Waals surface area contributed by atoms with Crippen molar-refractivity contribution in [1.82, 2.24) is 4.90 Å². The maximum absolute atomic E-state index is 11.9. The molecule has 0 bridgehead atoms. The van der Waals surface area contributed by atoms with Crippen LogP contribution in [0.4, 0.5) is 0 Å². The minimum atomic E-state index is -1.44. The summed E-state index contributed by atoms with van der Waals surface area (Å²) in [5.41, 5.74) is 0.346. The van der Waals surface area contributed by atoms with Crippen LogP contribution in [0.5, 0.6) is 0 Å². The second kappa shape index (κ2) is 7.08. The van der Waals surface area contributed by atoms with E-state index in [1.165, 1.54) is 12.3 Å². The number of furan rings is 1. The molecule has 6 nitrogen and oxygen atoms in total. The Labute approximate surface area is 113 Å². The van der Waals surface area contributed by atoms with Gasteiger partial charge in [0.25, 0.3) is 0 Å². The largest absolute Gasteiger partial charge is 0.475 e. The molecule has 1 amide bonds. The summed E-state index contributed by atoms with van der Waals surface area (Å²) in [4.78, 5) is 24.2. The first-order valence-electron chi connectivity index (χ1n) is 5.92. The minimum absolute atomic E-state index is 0.00510. The van der Waals surface area contributed by atoms with E-state index in [9.17, 15) is 13.8 Å². The van der Waals surface area contributed by atoms with Gasteiger partial charge in [-0.1, -0.05) is 0 Å². The number of carbonyl (C=O) groups excluding carboxylic acids is 1. The number of nitrogens with zero attached hydrogens (tertiary/aromatic N) is 1. The van der Waals surface area contributed by atoms with Crippen molar-refractivity contribution in [1.29, 1.82) is 0 Å². The van der Waals surface area contributed by atoms with Gasteiger partial charge < -0.3 is 14.4 Å². The molecule has 1 N–H and O–H groups in total. The Bertz CT molecular complexity index is 478. The summed E-state index contributed by atoms with van der Waals surface area (Å²) in [6.07, 6.45) is 1.24. The number of hydrogen-bond acceptors (Lipinski definition) is 4. The normalized spacial score (nSPS) is 12.1. The lowest BCUT2D eigenvalue weighted by molar-refractivity contribution is -0.128. The van der Waals surface area contributed by atoms with Crippen molar-refractivity contribution < 1.29 is 23.3 Å². The lowest BCUT2D eigenvalue weighted by atomic mass is 10.3. The molecule has 0 saturated heterocycles. The molecule has 1 aromatic rings. The van der Waals surface area contributed by atoms with Gasteiger partial charge in [-0.25, -0.2) is 4.79 Å². The molecule has 0 aliphatic rings. The third-order valence-corrected chi connectivity index (χ3v) is 3.86. The Morgan fingerprint density at radius 1 is 1.37 bits per heavy atom. The monoisotopic (exact) mass is 287 g/mol. The second-order valence-electron chi connectivity index (χ2n) is 3.87. The third kappa shape index (κ3) is 4.20. The molecule has 0 aliphatic heterocycles. The van der Waals surface area contributed by atoms with E-state index in [0.717, 1.165) is 0 Å². The summed E-state index contributed by atoms with van der Waals surface area (Å²) < 4.78 is 16.7. The Morgan fingerprint density at radius 2 is 2.00 bits per heavy atom. The molecule has 1 rings (SSSR count). The molecule has 0 radical (unpaired) electrons. The van der Waals surface area contributed by atoms with Crippen LogP contribution >= 0.6 is 0 Å². The van der Waals surface area contributed by atoms with Crippen LogP contribution in [-0.4, -0.2) is 44.9 Å². The zero-order valence-electron chi connectivity index (χ0n) is 10.9. The van der Waals surface area contributed by atoms with Crippen LogP contribution in [0.1, 0.15) is 30.0 Å². The Kier molecular flexibility index (Phi) is 5.75. The van der Waals surface area contributed by atoms with Crippen LogP contribution in [0, 0.1) is 0 Å². The van der Waals surface area contributed by atoms with Crippen molar-refractivity contribution in [3.63, 3.8) is 0 Å². The molecule has 106 valence electrons. The van der Waals surface area contributed by atoms with Gasteiger partial charge in [-0.15, -0.1) is 0 Å². The fourth-order valence-corrected chi connectivity index (χ4v) is 2.80. The fourth-order valence-electron chi connectivity index (χ4n) is 1.67. The maximum atomic E-state index is 11.9. The summed E-state index contributed by atoms with van der Waals surface area (Å²) in [5.74, 6) is -1.71. The predicted octanol–water partition coefficient (Wildman–Crippen LogP) is 1.09. The van der Waals surface area contributed by atoms with E-state index in [4.69, 9.17) is 9.52 Å². The van der Waals surface area contributed by atoms with E-state index in [2.05, 4.69) is 0 Å².